The fraction of sp³-hybridized carbons (Fsp3) is 0.944. The standard InChI is InChI=1S/C18H36O3.K/c1-2-3-14-17(19)15-12-10-8-6-4-5-7-9-11-13-16-18(20)21;/h17,19H,2-16H2,1H3,(H,20,21);/q;+1/p-1. The molecule has 126 valence electrons. The molecule has 1 N–H and O–H groups in total. The normalized spacial score (nSPS) is 11.9. The SMILES string of the molecule is CCCCC(O)CCCCCCCCCCCCC(=O)[O-].[K+]. The summed E-state index contributed by atoms with van der Waals surface area (Å²) in [6.07, 6.45) is 16.1. The maximum Gasteiger partial charge on any atom is 1.00 e. The third kappa shape index (κ3) is 21.1. The van der Waals surface area contributed by atoms with Crippen LogP contribution in [0.1, 0.15) is 103 Å². The van der Waals surface area contributed by atoms with Gasteiger partial charge in [0, 0.05) is 5.97 Å². The number of carboxylic acids is 1. The van der Waals surface area contributed by atoms with Crippen molar-refractivity contribution in [3.05, 3.63) is 0 Å². The van der Waals surface area contributed by atoms with Crippen LogP contribution in [0.15, 0.2) is 0 Å². The third-order valence-corrected chi connectivity index (χ3v) is 4.06. The largest absolute Gasteiger partial charge is 1.00 e. The first-order valence-electron chi connectivity index (χ1n) is 9.04. The molecular weight excluding hydrogens is 303 g/mol. The maximum absolute atomic E-state index is 10.2. The molecule has 0 aromatic rings. The van der Waals surface area contributed by atoms with E-state index in [-0.39, 0.29) is 63.9 Å². The summed E-state index contributed by atoms with van der Waals surface area (Å²) in [7, 11) is 0. The molecule has 1 unspecified atom stereocenters. The van der Waals surface area contributed by atoms with Crippen molar-refractivity contribution in [3.8, 4) is 0 Å². The molecule has 0 spiro atoms. The maximum atomic E-state index is 10.2. The molecule has 0 heterocycles. The van der Waals surface area contributed by atoms with Gasteiger partial charge in [0.25, 0.3) is 0 Å². The monoisotopic (exact) mass is 338 g/mol. The molecule has 3 nitrogen and oxygen atoms in total. The van der Waals surface area contributed by atoms with Crippen molar-refractivity contribution in [1.82, 2.24) is 0 Å². The van der Waals surface area contributed by atoms with Crippen LogP contribution in [-0.4, -0.2) is 17.2 Å². The molecule has 0 bridgehead atoms. The summed E-state index contributed by atoms with van der Waals surface area (Å²) in [5.74, 6) is -0.921. The molecule has 0 saturated heterocycles. The molecule has 0 radical (unpaired) electrons. The van der Waals surface area contributed by atoms with E-state index in [1.165, 1.54) is 44.9 Å². The van der Waals surface area contributed by atoms with Crippen LogP contribution in [0.5, 0.6) is 0 Å². The summed E-state index contributed by atoms with van der Waals surface area (Å²) < 4.78 is 0. The quantitative estimate of drug-likeness (QED) is 0.337. The van der Waals surface area contributed by atoms with Crippen LogP contribution in [0.4, 0.5) is 0 Å². The van der Waals surface area contributed by atoms with E-state index in [4.69, 9.17) is 0 Å². The van der Waals surface area contributed by atoms with Gasteiger partial charge >= 0.3 is 51.4 Å². The van der Waals surface area contributed by atoms with E-state index in [1.54, 1.807) is 0 Å². The van der Waals surface area contributed by atoms with Gasteiger partial charge < -0.3 is 15.0 Å². The van der Waals surface area contributed by atoms with Crippen molar-refractivity contribution in [1.29, 1.82) is 0 Å². The number of aliphatic hydroxyl groups is 1. The summed E-state index contributed by atoms with van der Waals surface area (Å²) in [6.45, 7) is 2.16. The molecule has 0 aliphatic rings. The first-order valence-corrected chi connectivity index (χ1v) is 9.04. The molecule has 22 heavy (non-hydrogen) atoms. The molecule has 0 aromatic carbocycles. The van der Waals surface area contributed by atoms with Crippen LogP contribution in [0, 0.1) is 0 Å². The Morgan fingerprint density at radius 1 is 0.818 bits per heavy atom. The summed E-state index contributed by atoms with van der Waals surface area (Å²) in [5.41, 5.74) is 0. The Bertz CT molecular complexity index is 234. The van der Waals surface area contributed by atoms with Crippen molar-refractivity contribution >= 4 is 5.97 Å². The van der Waals surface area contributed by atoms with E-state index in [0.717, 1.165) is 44.9 Å². The van der Waals surface area contributed by atoms with Crippen molar-refractivity contribution in [2.24, 2.45) is 0 Å². The van der Waals surface area contributed by atoms with E-state index in [0.29, 0.717) is 0 Å². The van der Waals surface area contributed by atoms with Crippen LogP contribution in [0.2, 0.25) is 0 Å². The summed E-state index contributed by atoms with van der Waals surface area (Å²) in [5, 5.41) is 19.9. The van der Waals surface area contributed by atoms with E-state index >= 15 is 0 Å². The third-order valence-electron chi connectivity index (χ3n) is 4.06. The first-order chi connectivity index (χ1) is 10.2. The second-order valence-electron chi connectivity index (χ2n) is 6.24. The Morgan fingerprint density at radius 3 is 1.68 bits per heavy atom. The molecule has 0 aromatic heterocycles. The number of hydrogen-bond donors (Lipinski definition) is 1. The van der Waals surface area contributed by atoms with E-state index < -0.39 is 5.97 Å². The molecule has 0 rings (SSSR count). The Hall–Kier alpha value is 1.07. The fourth-order valence-electron chi connectivity index (χ4n) is 2.65. The van der Waals surface area contributed by atoms with E-state index in [2.05, 4.69) is 6.92 Å². The number of unbranched alkanes of at least 4 members (excludes halogenated alkanes) is 10. The Labute approximate surface area is 180 Å². The Kier molecular flexibility index (Phi) is 23.1. The zero-order valence-corrected chi connectivity index (χ0v) is 18.1. The summed E-state index contributed by atoms with van der Waals surface area (Å²) in [4.78, 5) is 10.2. The molecule has 0 fully saturated rings. The van der Waals surface area contributed by atoms with Crippen LogP contribution in [-0.2, 0) is 4.79 Å². The molecule has 4 heteroatoms. The average Bonchev–Trinajstić information content (AvgIpc) is 2.45. The van der Waals surface area contributed by atoms with Crippen LogP contribution < -0.4 is 56.5 Å². The molecule has 0 aliphatic carbocycles. The van der Waals surface area contributed by atoms with Crippen molar-refractivity contribution in [2.45, 2.75) is 109 Å². The van der Waals surface area contributed by atoms with Crippen molar-refractivity contribution in [2.75, 3.05) is 0 Å². The first kappa shape index (κ1) is 25.3. The number of rotatable bonds is 16. The summed E-state index contributed by atoms with van der Waals surface area (Å²) in [6, 6.07) is 0. The van der Waals surface area contributed by atoms with Gasteiger partial charge in [-0.3, -0.25) is 0 Å². The van der Waals surface area contributed by atoms with E-state index in [9.17, 15) is 15.0 Å². The average molecular weight is 339 g/mol. The van der Waals surface area contributed by atoms with Gasteiger partial charge in [0.05, 0.1) is 6.10 Å². The van der Waals surface area contributed by atoms with Gasteiger partial charge in [-0.05, 0) is 25.7 Å². The number of carboxylic acid groups (broad SMARTS) is 1. The minimum Gasteiger partial charge on any atom is -0.550 e. The van der Waals surface area contributed by atoms with Gasteiger partial charge in [-0.2, -0.15) is 0 Å². The minimum atomic E-state index is -0.921. The number of hydrogen-bond acceptors (Lipinski definition) is 3. The summed E-state index contributed by atoms with van der Waals surface area (Å²) >= 11 is 0. The van der Waals surface area contributed by atoms with Crippen LogP contribution >= 0.6 is 0 Å². The van der Waals surface area contributed by atoms with Gasteiger partial charge in [0.1, 0.15) is 0 Å². The predicted octanol–water partition coefficient (Wildman–Crippen LogP) is 0.973. The van der Waals surface area contributed by atoms with E-state index in [1.807, 2.05) is 0 Å². The van der Waals surface area contributed by atoms with Crippen LogP contribution in [0.3, 0.4) is 0 Å². The second-order valence-corrected chi connectivity index (χ2v) is 6.24. The van der Waals surface area contributed by atoms with Gasteiger partial charge in [-0.25, -0.2) is 0 Å². The molecule has 1 atom stereocenters. The van der Waals surface area contributed by atoms with Crippen molar-refractivity contribution < 1.29 is 66.4 Å². The second kappa shape index (κ2) is 20.1. The Balaban J connectivity index is 0. The molecule has 0 amide bonds. The Morgan fingerprint density at radius 2 is 1.23 bits per heavy atom. The predicted molar refractivity (Wildman–Crippen MR) is 85.9 cm³/mol. The fourth-order valence-corrected chi connectivity index (χ4v) is 2.65. The van der Waals surface area contributed by atoms with Gasteiger partial charge in [-0.15, -0.1) is 0 Å². The number of aliphatic carboxylic acids is 1. The van der Waals surface area contributed by atoms with Gasteiger partial charge in [0.15, 0.2) is 0 Å². The molecule has 0 saturated carbocycles. The number of carbonyl (C=O) groups is 1. The van der Waals surface area contributed by atoms with Gasteiger partial charge in [-0.1, -0.05) is 77.6 Å². The zero-order chi connectivity index (χ0) is 15.8. The molecular formula is C18H35KO3. The van der Waals surface area contributed by atoms with Gasteiger partial charge in [0.2, 0.25) is 0 Å². The minimum absolute atomic E-state index is 0. The number of carbonyl (C=O) groups excluding carboxylic acids is 1. The smallest absolute Gasteiger partial charge is 0.550 e. The van der Waals surface area contributed by atoms with Crippen LogP contribution in [0.25, 0.3) is 0 Å². The number of aliphatic hydroxyl groups excluding tert-OH is 1. The zero-order valence-electron chi connectivity index (χ0n) is 14.9. The topological polar surface area (TPSA) is 60.4 Å². The van der Waals surface area contributed by atoms with Crippen molar-refractivity contribution in [3.63, 3.8) is 0 Å². The molecule has 0 aliphatic heterocycles.